The number of aromatic nitrogens is 3. The van der Waals surface area contributed by atoms with Crippen LogP contribution in [0.2, 0.25) is 0 Å². The van der Waals surface area contributed by atoms with Gasteiger partial charge >= 0.3 is 0 Å². The number of carbonyl (C=O) groups excluding carboxylic acids is 1. The molecule has 1 N–H and O–H groups in total. The zero-order valence-corrected chi connectivity index (χ0v) is 20.6. The molecule has 0 bridgehead atoms. The fraction of sp³-hybridized carbons (Fsp3) is 0.286. The van der Waals surface area contributed by atoms with Gasteiger partial charge in [0.2, 0.25) is 5.95 Å². The Balaban J connectivity index is 1.57. The normalized spacial score (nSPS) is 12.5. The molecule has 2 heterocycles. The molecule has 0 atom stereocenters. The maximum Gasteiger partial charge on any atom is 0.209 e. The van der Waals surface area contributed by atoms with Gasteiger partial charge in [0, 0.05) is 31.5 Å². The molecule has 0 aliphatic heterocycles. The summed E-state index contributed by atoms with van der Waals surface area (Å²) in [5.41, 5.74) is 2.59. The van der Waals surface area contributed by atoms with Gasteiger partial charge in [0.15, 0.2) is 20.8 Å². The van der Waals surface area contributed by atoms with E-state index >= 15 is 0 Å². The molecule has 0 unspecified atom stereocenters. The first-order chi connectivity index (χ1) is 15.4. The Morgan fingerprint density at radius 1 is 1.03 bits per heavy atom. The van der Waals surface area contributed by atoms with Crippen molar-refractivity contribution in [3.05, 3.63) is 42.0 Å². The Hall–Kier alpha value is -2.83. The van der Waals surface area contributed by atoms with Crippen molar-refractivity contribution >= 4 is 69.1 Å². The summed E-state index contributed by atoms with van der Waals surface area (Å²) in [6.45, 7) is 0. The van der Waals surface area contributed by atoms with Crippen molar-refractivity contribution in [2.24, 2.45) is 7.05 Å². The summed E-state index contributed by atoms with van der Waals surface area (Å²) in [7, 11) is -4.57. The highest BCUT2D eigenvalue weighted by Gasteiger charge is 2.15. The van der Waals surface area contributed by atoms with Crippen LogP contribution in [0.15, 0.2) is 41.3 Å². The molecule has 4 aromatic rings. The van der Waals surface area contributed by atoms with E-state index in [0.29, 0.717) is 27.7 Å². The lowest BCUT2D eigenvalue weighted by Gasteiger charge is -2.03. The molecule has 2 aromatic carbocycles. The average molecular weight is 507 g/mol. The third-order valence-electron chi connectivity index (χ3n) is 5.13. The largest absolute Gasteiger partial charge is 0.313 e. The van der Waals surface area contributed by atoms with Crippen molar-refractivity contribution in [3.63, 3.8) is 0 Å². The molecule has 0 amide bonds. The van der Waals surface area contributed by atoms with E-state index in [0.717, 1.165) is 16.5 Å². The van der Waals surface area contributed by atoms with Crippen LogP contribution in [0, 0.1) is 0 Å². The van der Waals surface area contributed by atoms with Crippen molar-refractivity contribution in [3.8, 4) is 0 Å². The maximum atomic E-state index is 12.5. The van der Waals surface area contributed by atoms with Gasteiger partial charge < -0.3 is 9.88 Å². The highest BCUT2D eigenvalue weighted by atomic mass is 32.2. The standard InChI is InChI=1S/C21H22N4O5S3/c1-25-17-9-6-13(18(26)5-4-10-32(2,27)28)11-16(17)22-20(25)24-21-23-15-8-7-14(33(3,29)30)12-19(15)31-21/h6-9,11-12H,4-5,10H2,1-3H3,(H,22,23,24). The number of nitrogens with zero attached hydrogens (tertiary/aromatic N) is 3. The van der Waals surface area contributed by atoms with Gasteiger partial charge in [-0.15, -0.1) is 0 Å². The summed E-state index contributed by atoms with van der Waals surface area (Å²) in [5.74, 6) is 0.370. The van der Waals surface area contributed by atoms with E-state index in [-0.39, 0.29) is 29.3 Å². The molecule has 2 aromatic heterocycles. The van der Waals surface area contributed by atoms with Crippen molar-refractivity contribution in [1.82, 2.24) is 14.5 Å². The molecule has 174 valence electrons. The first-order valence-electron chi connectivity index (χ1n) is 9.96. The number of carbonyl (C=O) groups is 1. The minimum Gasteiger partial charge on any atom is -0.313 e. The number of sulfone groups is 2. The molecule has 0 saturated heterocycles. The van der Waals surface area contributed by atoms with Crippen molar-refractivity contribution in [1.29, 1.82) is 0 Å². The third-order valence-corrected chi connectivity index (χ3v) is 8.20. The van der Waals surface area contributed by atoms with Crippen LogP contribution >= 0.6 is 11.3 Å². The number of Topliss-reactive ketones (excluding diaryl/α,β-unsaturated/α-hetero) is 1. The molecule has 33 heavy (non-hydrogen) atoms. The minimum atomic E-state index is -3.31. The molecule has 0 spiro atoms. The second kappa shape index (κ2) is 8.50. The Morgan fingerprint density at radius 2 is 1.79 bits per heavy atom. The number of imidazole rings is 1. The first-order valence-corrected chi connectivity index (χ1v) is 14.7. The first kappa shape index (κ1) is 23.3. The van der Waals surface area contributed by atoms with Crippen LogP contribution < -0.4 is 5.32 Å². The van der Waals surface area contributed by atoms with Crippen LogP contribution in [0.5, 0.6) is 0 Å². The van der Waals surface area contributed by atoms with Crippen molar-refractivity contribution in [2.75, 3.05) is 23.6 Å². The number of rotatable bonds is 8. The molecule has 0 aliphatic carbocycles. The van der Waals surface area contributed by atoms with Gasteiger partial charge in [-0.1, -0.05) is 11.3 Å². The fourth-order valence-electron chi connectivity index (χ4n) is 3.41. The SMILES string of the molecule is Cn1c(Nc2nc3ccc(S(C)(=O)=O)cc3s2)nc2cc(C(=O)CCCS(C)(=O)=O)ccc21. The highest BCUT2D eigenvalue weighted by Crippen LogP contribution is 2.31. The molecule has 12 heteroatoms. The zero-order valence-electron chi connectivity index (χ0n) is 18.2. The average Bonchev–Trinajstić information content (AvgIpc) is 3.26. The second-order valence-corrected chi connectivity index (χ2v) is 13.2. The minimum absolute atomic E-state index is 0.0213. The number of nitrogens with one attached hydrogen (secondary N) is 1. The molecular formula is C21H22N4O5S3. The lowest BCUT2D eigenvalue weighted by atomic mass is 10.1. The summed E-state index contributed by atoms with van der Waals surface area (Å²) in [5, 5.41) is 3.73. The molecule has 0 fully saturated rings. The van der Waals surface area contributed by atoms with Crippen LogP contribution in [0.4, 0.5) is 11.1 Å². The number of fused-ring (bicyclic) bond motifs is 2. The van der Waals surface area contributed by atoms with Gasteiger partial charge in [0.1, 0.15) is 9.84 Å². The van der Waals surface area contributed by atoms with Gasteiger partial charge in [0.25, 0.3) is 0 Å². The number of anilines is 2. The van der Waals surface area contributed by atoms with Gasteiger partial charge in [-0.2, -0.15) is 0 Å². The lowest BCUT2D eigenvalue weighted by molar-refractivity contribution is 0.0982. The molecule has 0 aliphatic rings. The summed E-state index contributed by atoms with van der Waals surface area (Å²) in [6, 6.07) is 10.0. The van der Waals surface area contributed by atoms with Gasteiger partial charge in [-0.25, -0.2) is 26.8 Å². The van der Waals surface area contributed by atoms with Crippen molar-refractivity contribution < 1.29 is 21.6 Å². The summed E-state index contributed by atoms with van der Waals surface area (Å²) in [4.78, 5) is 21.8. The van der Waals surface area contributed by atoms with E-state index < -0.39 is 19.7 Å². The summed E-state index contributed by atoms with van der Waals surface area (Å²) >= 11 is 1.32. The highest BCUT2D eigenvalue weighted by molar-refractivity contribution is 7.91. The van der Waals surface area contributed by atoms with Crippen LogP contribution in [-0.2, 0) is 26.7 Å². The van der Waals surface area contributed by atoms with E-state index in [2.05, 4.69) is 15.3 Å². The lowest BCUT2D eigenvalue weighted by Crippen LogP contribution is -2.06. The maximum absolute atomic E-state index is 12.5. The van der Waals surface area contributed by atoms with Crippen LogP contribution in [0.1, 0.15) is 23.2 Å². The predicted molar refractivity (Wildman–Crippen MR) is 130 cm³/mol. The quantitative estimate of drug-likeness (QED) is 0.360. The number of hydrogen-bond donors (Lipinski definition) is 1. The number of thiazole rings is 1. The smallest absolute Gasteiger partial charge is 0.209 e. The molecule has 0 saturated carbocycles. The zero-order chi connectivity index (χ0) is 24.0. The Kier molecular flexibility index (Phi) is 6.01. The van der Waals surface area contributed by atoms with Crippen LogP contribution in [0.3, 0.4) is 0 Å². The topological polar surface area (TPSA) is 128 Å². The molecule has 9 nitrogen and oxygen atoms in total. The number of ketones is 1. The van der Waals surface area contributed by atoms with Crippen LogP contribution in [0.25, 0.3) is 21.3 Å². The number of benzene rings is 2. The van der Waals surface area contributed by atoms with E-state index in [1.165, 1.54) is 23.7 Å². The third kappa shape index (κ3) is 5.23. The van der Waals surface area contributed by atoms with Crippen LogP contribution in [-0.4, -0.2) is 55.4 Å². The Labute approximate surface area is 195 Å². The van der Waals surface area contributed by atoms with Gasteiger partial charge in [0.05, 0.1) is 31.9 Å². The number of aryl methyl sites for hydroxylation is 1. The monoisotopic (exact) mass is 506 g/mol. The molecule has 0 radical (unpaired) electrons. The van der Waals surface area contributed by atoms with E-state index in [4.69, 9.17) is 0 Å². The predicted octanol–water partition coefficient (Wildman–Crippen LogP) is 3.34. The van der Waals surface area contributed by atoms with Crippen molar-refractivity contribution in [2.45, 2.75) is 17.7 Å². The second-order valence-electron chi connectivity index (χ2n) is 7.90. The van der Waals surface area contributed by atoms with E-state index in [1.807, 2.05) is 11.6 Å². The Morgan fingerprint density at radius 3 is 2.48 bits per heavy atom. The number of hydrogen-bond acceptors (Lipinski definition) is 9. The summed E-state index contributed by atoms with van der Waals surface area (Å²) < 4.78 is 48.7. The molecular weight excluding hydrogens is 484 g/mol. The van der Waals surface area contributed by atoms with Gasteiger partial charge in [-0.05, 0) is 42.8 Å². The molecule has 4 rings (SSSR count). The Bertz CT molecular complexity index is 1600. The summed E-state index contributed by atoms with van der Waals surface area (Å²) in [6.07, 6.45) is 2.75. The van der Waals surface area contributed by atoms with E-state index in [9.17, 15) is 21.6 Å². The van der Waals surface area contributed by atoms with E-state index in [1.54, 1.807) is 30.3 Å². The van der Waals surface area contributed by atoms with Gasteiger partial charge in [-0.3, -0.25) is 4.79 Å². The fourth-order valence-corrected chi connectivity index (χ4v) is 5.70.